The first-order valence-corrected chi connectivity index (χ1v) is 10.4. The number of ether oxygens (including phenoxy) is 3. The number of aryl methyl sites for hydroxylation is 1. The lowest BCUT2D eigenvalue weighted by molar-refractivity contribution is -0.139. The van der Waals surface area contributed by atoms with E-state index in [2.05, 4.69) is 13.2 Å². The predicted octanol–water partition coefficient (Wildman–Crippen LogP) is 4.47. The average Bonchev–Trinajstić information content (AvgIpc) is 2.76. The molecule has 0 amide bonds. The Hall–Kier alpha value is -3.67. The van der Waals surface area contributed by atoms with E-state index in [1.165, 1.54) is 0 Å². The van der Waals surface area contributed by atoms with Gasteiger partial charge in [0.2, 0.25) is 0 Å². The molecule has 0 saturated heterocycles. The number of rotatable bonds is 8. The third-order valence-electron chi connectivity index (χ3n) is 5.08. The van der Waals surface area contributed by atoms with Crippen molar-refractivity contribution in [3.8, 4) is 11.5 Å². The van der Waals surface area contributed by atoms with Gasteiger partial charge < -0.3 is 14.2 Å². The van der Waals surface area contributed by atoms with Crippen molar-refractivity contribution in [1.82, 2.24) is 0 Å². The second-order valence-corrected chi connectivity index (χ2v) is 7.88. The van der Waals surface area contributed by atoms with Crippen LogP contribution in [0.15, 0.2) is 66.8 Å². The van der Waals surface area contributed by atoms with Gasteiger partial charge in [-0.15, -0.1) is 0 Å². The van der Waals surface area contributed by atoms with Crippen LogP contribution in [0.5, 0.6) is 11.5 Å². The number of fused-ring (bicyclic) bond motifs is 1. The zero-order valence-electron chi connectivity index (χ0n) is 18.3. The van der Waals surface area contributed by atoms with E-state index in [0.29, 0.717) is 48.5 Å². The Bertz CT molecular complexity index is 1060. The molecule has 1 aliphatic heterocycles. The van der Waals surface area contributed by atoms with Gasteiger partial charge in [-0.25, -0.2) is 9.59 Å². The van der Waals surface area contributed by atoms with Crippen LogP contribution in [0.4, 0.5) is 0 Å². The summed E-state index contributed by atoms with van der Waals surface area (Å²) < 4.78 is 15.9. The number of hydrogen-bond donors (Lipinski definition) is 0. The van der Waals surface area contributed by atoms with Gasteiger partial charge in [0.25, 0.3) is 0 Å². The van der Waals surface area contributed by atoms with Crippen LogP contribution < -0.4 is 9.47 Å². The smallest absolute Gasteiger partial charge is 0.338 e. The molecular formula is C26H26O6. The van der Waals surface area contributed by atoms with Crippen LogP contribution in [0.2, 0.25) is 0 Å². The molecule has 3 rings (SSSR count). The van der Waals surface area contributed by atoms with E-state index in [-0.39, 0.29) is 5.97 Å². The van der Waals surface area contributed by atoms with Crippen LogP contribution in [-0.2, 0) is 32.0 Å². The third-order valence-corrected chi connectivity index (χ3v) is 5.08. The Balaban J connectivity index is 1.61. The Kier molecular flexibility index (Phi) is 7.25. The van der Waals surface area contributed by atoms with E-state index in [9.17, 15) is 14.4 Å². The number of esters is 3. The lowest BCUT2D eigenvalue weighted by Gasteiger charge is -2.24. The summed E-state index contributed by atoms with van der Waals surface area (Å²) >= 11 is 0. The van der Waals surface area contributed by atoms with Crippen molar-refractivity contribution in [2.24, 2.45) is 0 Å². The fourth-order valence-corrected chi connectivity index (χ4v) is 3.28. The van der Waals surface area contributed by atoms with Gasteiger partial charge in [0.1, 0.15) is 11.5 Å². The molecule has 0 bridgehead atoms. The van der Waals surface area contributed by atoms with Crippen LogP contribution in [0.3, 0.4) is 0 Å². The van der Waals surface area contributed by atoms with E-state index in [1.54, 1.807) is 38.1 Å². The molecule has 0 aromatic heterocycles. The first-order valence-electron chi connectivity index (χ1n) is 10.4. The summed E-state index contributed by atoms with van der Waals surface area (Å²) in [7, 11) is 0. The summed E-state index contributed by atoms with van der Waals surface area (Å²) in [5.74, 6) is -0.678. The van der Waals surface area contributed by atoms with Crippen molar-refractivity contribution in [3.63, 3.8) is 0 Å². The van der Waals surface area contributed by atoms with Gasteiger partial charge in [-0.2, -0.15) is 0 Å². The maximum Gasteiger partial charge on any atom is 0.338 e. The average molecular weight is 434 g/mol. The van der Waals surface area contributed by atoms with Crippen molar-refractivity contribution in [2.75, 3.05) is 6.61 Å². The van der Waals surface area contributed by atoms with Gasteiger partial charge in [0.05, 0.1) is 12.5 Å². The molecule has 2 aromatic carbocycles. The van der Waals surface area contributed by atoms with E-state index in [0.717, 1.165) is 16.7 Å². The van der Waals surface area contributed by atoms with E-state index in [4.69, 9.17) is 14.2 Å². The quantitative estimate of drug-likeness (QED) is 0.264. The van der Waals surface area contributed by atoms with Crippen LogP contribution in [0, 0.1) is 0 Å². The molecule has 0 saturated carbocycles. The molecule has 1 heterocycles. The first-order chi connectivity index (χ1) is 15.2. The van der Waals surface area contributed by atoms with E-state index >= 15 is 0 Å². The highest BCUT2D eigenvalue weighted by Gasteiger charge is 2.30. The molecule has 1 aliphatic rings. The van der Waals surface area contributed by atoms with Crippen molar-refractivity contribution in [3.05, 3.63) is 83.5 Å². The Morgan fingerprint density at radius 1 is 1.03 bits per heavy atom. The Morgan fingerprint density at radius 3 is 2.38 bits per heavy atom. The fourth-order valence-electron chi connectivity index (χ4n) is 3.28. The van der Waals surface area contributed by atoms with Crippen molar-refractivity contribution < 1.29 is 28.6 Å². The molecule has 0 fully saturated rings. The maximum atomic E-state index is 12.6. The predicted molar refractivity (Wildman–Crippen MR) is 120 cm³/mol. The summed E-state index contributed by atoms with van der Waals surface area (Å²) in [6, 6.07) is 12.7. The van der Waals surface area contributed by atoms with E-state index in [1.807, 2.05) is 18.2 Å². The summed E-state index contributed by atoms with van der Waals surface area (Å²) in [5.41, 5.74) is 3.44. The largest absolute Gasteiger partial charge is 0.462 e. The summed E-state index contributed by atoms with van der Waals surface area (Å²) in [5, 5.41) is 0. The molecule has 1 atom stereocenters. The first kappa shape index (κ1) is 23.0. The summed E-state index contributed by atoms with van der Waals surface area (Å²) in [6.07, 6.45) is 1.88. The van der Waals surface area contributed by atoms with Crippen LogP contribution in [0.1, 0.15) is 42.9 Å². The molecule has 0 N–H and O–H groups in total. The molecule has 1 unspecified atom stereocenters. The Labute approximate surface area is 187 Å². The zero-order valence-corrected chi connectivity index (χ0v) is 18.3. The molecule has 0 radical (unpaired) electrons. The van der Waals surface area contributed by atoms with Gasteiger partial charge in [0, 0.05) is 11.1 Å². The summed E-state index contributed by atoms with van der Waals surface area (Å²) in [6.45, 7) is 10.6. The number of carbonyl (C=O) groups excluding carboxylic acids is 3. The van der Waals surface area contributed by atoms with Crippen molar-refractivity contribution in [2.45, 2.75) is 39.0 Å². The molecule has 0 spiro atoms. The lowest BCUT2D eigenvalue weighted by Crippen LogP contribution is -2.26. The van der Waals surface area contributed by atoms with Gasteiger partial charge in [-0.3, -0.25) is 4.79 Å². The second kappa shape index (κ2) is 10.1. The number of hydrogen-bond acceptors (Lipinski definition) is 6. The normalized spacial score (nSPS) is 14.7. The maximum absolute atomic E-state index is 12.6. The van der Waals surface area contributed by atoms with Gasteiger partial charge in [-0.05, 0) is 68.0 Å². The van der Waals surface area contributed by atoms with Crippen LogP contribution in [-0.4, -0.2) is 24.5 Å². The molecule has 2 aromatic rings. The van der Waals surface area contributed by atoms with Gasteiger partial charge in [-0.1, -0.05) is 37.4 Å². The molecule has 32 heavy (non-hydrogen) atoms. The zero-order chi connectivity index (χ0) is 23.3. The van der Waals surface area contributed by atoms with E-state index < -0.39 is 17.9 Å². The lowest BCUT2D eigenvalue weighted by atomic mass is 9.89. The van der Waals surface area contributed by atoms with Crippen molar-refractivity contribution in [1.29, 1.82) is 0 Å². The standard InChI is InChI=1S/C26H26O6/c1-16(2)24(27)30-13-5-6-18-7-8-20-15-22(26(29)32-23(20)14-18)19-9-11-21(12-10-19)31-25(28)17(3)4/h7-12,14,22H,1,3,5-6,13,15H2,2,4H3. The summed E-state index contributed by atoms with van der Waals surface area (Å²) in [4.78, 5) is 35.7. The topological polar surface area (TPSA) is 78.9 Å². The minimum absolute atomic E-state index is 0.308. The highest BCUT2D eigenvalue weighted by molar-refractivity contribution is 5.89. The highest BCUT2D eigenvalue weighted by atomic mass is 16.5. The monoisotopic (exact) mass is 434 g/mol. The minimum atomic E-state index is -0.492. The van der Waals surface area contributed by atoms with Crippen LogP contribution >= 0.6 is 0 Å². The number of benzene rings is 2. The molecule has 166 valence electrons. The molecule has 6 nitrogen and oxygen atoms in total. The SMILES string of the molecule is C=C(C)C(=O)OCCCc1ccc2c(c1)OC(=O)C(c1ccc(OC(=O)C(=C)C)cc1)C2. The second-order valence-electron chi connectivity index (χ2n) is 7.88. The van der Waals surface area contributed by atoms with Gasteiger partial charge in [0.15, 0.2) is 0 Å². The number of carbonyl (C=O) groups is 3. The highest BCUT2D eigenvalue weighted by Crippen LogP contribution is 2.34. The van der Waals surface area contributed by atoms with Crippen molar-refractivity contribution >= 4 is 17.9 Å². The minimum Gasteiger partial charge on any atom is -0.462 e. The fraction of sp³-hybridized carbons (Fsp3) is 0.269. The molecule has 0 aliphatic carbocycles. The molecule has 6 heteroatoms. The molecular weight excluding hydrogens is 408 g/mol. The Morgan fingerprint density at radius 2 is 1.72 bits per heavy atom. The third kappa shape index (κ3) is 5.72. The van der Waals surface area contributed by atoms with Gasteiger partial charge >= 0.3 is 17.9 Å². The van der Waals surface area contributed by atoms with Crippen LogP contribution in [0.25, 0.3) is 0 Å².